The summed E-state index contributed by atoms with van der Waals surface area (Å²) in [5.41, 5.74) is 1.89. The Morgan fingerprint density at radius 1 is 1.00 bits per heavy atom. The quantitative estimate of drug-likeness (QED) is 0.812. The number of nitrogens with one attached hydrogen (secondary N) is 1. The van der Waals surface area contributed by atoms with Crippen molar-refractivity contribution in [3.63, 3.8) is 0 Å². The van der Waals surface area contributed by atoms with Gasteiger partial charge in [0.25, 0.3) is 0 Å². The van der Waals surface area contributed by atoms with Crippen molar-refractivity contribution in [2.45, 2.75) is 0 Å². The second kappa shape index (κ2) is 5.23. The first-order valence-electron chi connectivity index (χ1n) is 5.14. The van der Waals surface area contributed by atoms with Crippen molar-refractivity contribution in [3.8, 4) is 11.3 Å². The highest BCUT2D eigenvalue weighted by Crippen LogP contribution is 2.15. The standard InChI is InChI=1S/C12H13N3O/c16-9-8-13-12-7-6-11(14-15-12)10-4-2-1-3-5-10/h1-7,16H,8-9H2,(H,13,15). The second-order valence-electron chi connectivity index (χ2n) is 3.32. The van der Waals surface area contributed by atoms with E-state index in [4.69, 9.17) is 5.11 Å². The molecule has 0 saturated carbocycles. The lowest BCUT2D eigenvalue weighted by Gasteiger charge is -2.03. The van der Waals surface area contributed by atoms with Crippen LogP contribution in [0.25, 0.3) is 11.3 Å². The lowest BCUT2D eigenvalue weighted by atomic mass is 10.1. The van der Waals surface area contributed by atoms with Crippen LogP contribution >= 0.6 is 0 Å². The van der Waals surface area contributed by atoms with E-state index in [9.17, 15) is 0 Å². The van der Waals surface area contributed by atoms with Crippen molar-refractivity contribution in [1.29, 1.82) is 0 Å². The first-order chi connectivity index (χ1) is 7.90. The molecule has 16 heavy (non-hydrogen) atoms. The predicted octanol–water partition coefficient (Wildman–Crippen LogP) is 1.55. The molecule has 0 aliphatic heterocycles. The first-order valence-corrected chi connectivity index (χ1v) is 5.14. The van der Waals surface area contributed by atoms with Crippen LogP contribution in [-0.2, 0) is 0 Å². The Bertz CT molecular complexity index is 428. The number of rotatable bonds is 4. The van der Waals surface area contributed by atoms with Crippen LogP contribution < -0.4 is 5.32 Å². The van der Waals surface area contributed by atoms with E-state index in [2.05, 4.69) is 15.5 Å². The van der Waals surface area contributed by atoms with Gasteiger partial charge in [0.1, 0.15) is 5.82 Å². The molecule has 1 aromatic heterocycles. The second-order valence-corrected chi connectivity index (χ2v) is 3.32. The molecule has 0 amide bonds. The van der Waals surface area contributed by atoms with Crippen molar-refractivity contribution in [2.75, 3.05) is 18.5 Å². The number of hydrogen-bond acceptors (Lipinski definition) is 4. The van der Waals surface area contributed by atoms with Gasteiger partial charge in [0, 0.05) is 12.1 Å². The van der Waals surface area contributed by atoms with Crippen molar-refractivity contribution in [2.24, 2.45) is 0 Å². The van der Waals surface area contributed by atoms with Gasteiger partial charge >= 0.3 is 0 Å². The van der Waals surface area contributed by atoms with Crippen molar-refractivity contribution in [3.05, 3.63) is 42.5 Å². The molecule has 4 nitrogen and oxygen atoms in total. The summed E-state index contributed by atoms with van der Waals surface area (Å²) in [6, 6.07) is 13.6. The maximum absolute atomic E-state index is 8.65. The Kier molecular flexibility index (Phi) is 3.46. The fraction of sp³-hybridized carbons (Fsp3) is 0.167. The summed E-state index contributed by atoms with van der Waals surface area (Å²) < 4.78 is 0. The van der Waals surface area contributed by atoms with Gasteiger partial charge in [-0.2, -0.15) is 0 Å². The fourth-order valence-electron chi connectivity index (χ4n) is 1.37. The largest absolute Gasteiger partial charge is 0.395 e. The van der Waals surface area contributed by atoms with E-state index in [1.165, 1.54) is 0 Å². The number of anilines is 1. The maximum Gasteiger partial charge on any atom is 0.148 e. The molecule has 0 unspecified atom stereocenters. The lowest BCUT2D eigenvalue weighted by Crippen LogP contribution is -2.07. The minimum atomic E-state index is 0.0854. The van der Waals surface area contributed by atoms with Crippen molar-refractivity contribution >= 4 is 5.82 Å². The molecule has 0 radical (unpaired) electrons. The minimum absolute atomic E-state index is 0.0854. The molecule has 0 aliphatic rings. The van der Waals surface area contributed by atoms with Crippen LogP contribution in [0.4, 0.5) is 5.82 Å². The van der Waals surface area contributed by atoms with Crippen LogP contribution in [0, 0.1) is 0 Å². The molecule has 82 valence electrons. The van der Waals surface area contributed by atoms with Gasteiger partial charge in [-0.25, -0.2) is 0 Å². The summed E-state index contributed by atoms with van der Waals surface area (Å²) in [7, 11) is 0. The Labute approximate surface area is 94.0 Å². The molecule has 0 atom stereocenters. The number of hydrogen-bond donors (Lipinski definition) is 2. The van der Waals surface area contributed by atoms with Crippen LogP contribution in [-0.4, -0.2) is 28.5 Å². The van der Waals surface area contributed by atoms with Crippen LogP contribution in [0.3, 0.4) is 0 Å². The van der Waals surface area contributed by atoms with E-state index in [1.54, 1.807) is 0 Å². The van der Waals surface area contributed by atoms with Gasteiger partial charge in [-0.1, -0.05) is 30.3 Å². The SMILES string of the molecule is OCCNc1ccc(-c2ccccc2)nn1. The molecule has 0 aliphatic carbocycles. The van der Waals surface area contributed by atoms with Gasteiger partial charge in [-0.15, -0.1) is 10.2 Å². The Morgan fingerprint density at radius 2 is 1.81 bits per heavy atom. The zero-order valence-corrected chi connectivity index (χ0v) is 8.80. The number of nitrogens with zero attached hydrogens (tertiary/aromatic N) is 2. The van der Waals surface area contributed by atoms with Gasteiger partial charge in [0.15, 0.2) is 0 Å². The molecule has 2 rings (SSSR count). The van der Waals surface area contributed by atoms with Gasteiger partial charge in [0.2, 0.25) is 0 Å². The molecule has 0 bridgehead atoms. The zero-order chi connectivity index (χ0) is 11.2. The highest BCUT2D eigenvalue weighted by Gasteiger charge is 1.99. The van der Waals surface area contributed by atoms with Gasteiger partial charge < -0.3 is 10.4 Å². The molecule has 4 heteroatoms. The summed E-state index contributed by atoms with van der Waals surface area (Å²) in [4.78, 5) is 0. The Balaban J connectivity index is 2.13. The van der Waals surface area contributed by atoms with Crippen molar-refractivity contribution in [1.82, 2.24) is 10.2 Å². The molecule has 1 aromatic carbocycles. The van der Waals surface area contributed by atoms with Gasteiger partial charge in [-0.05, 0) is 12.1 Å². The molecule has 2 aromatic rings. The van der Waals surface area contributed by atoms with Crippen LogP contribution in [0.2, 0.25) is 0 Å². The highest BCUT2D eigenvalue weighted by atomic mass is 16.3. The van der Waals surface area contributed by atoms with E-state index in [-0.39, 0.29) is 6.61 Å². The van der Waals surface area contributed by atoms with Crippen LogP contribution in [0.1, 0.15) is 0 Å². The van der Waals surface area contributed by atoms with Gasteiger partial charge in [0.05, 0.1) is 12.3 Å². The molecule has 0 fully saturated rings. The average molecular weight is 215 g/mol. The van der Waals surface area contributed by atoms with E-state index >= 15 is 0 Å². The molecule has 2 N–H and O–H groups in total. The van der Waals surface area contributed by atoms with E-state index in [0.29, 0.717) is 12.4 Å². The van der Waals surface area contributed by atoms with E-state index < -0.39 is 0 Å². The van der Waals surface area contributed by atoms with Gasteiger partial charge in [-0.3, -0.25) is 0 Å². The number of aliphatic hydroxyl groups excluding tert-OH is 1. The third kappa shape index (κ3) is 2.55. The topological polar surface area (TPSA) is 58.0 Å². The lowest BCUT2D eigenvalue weighted by molar-refractivity contribution is 0.311. The number of aromatic nitrogens is 2. The third-order valence-corrected chi connectivity index (χ3v) is 2.15. The molecular formula is C12H13N3O. The number of benzene rings is 1. The van der Waals surface area contributed by atoms with Crippen molar-refractivity contribution < 1.29 is 5.11 Å². The minimum Gasteiger partial charge on any atom is -0.395 e. The molecular weight excluding hydrogens is 202 g/mol. The summed E-state index contributed by atoms with van der Waals surface area (Å²) in [6.07, 6.45) is 0. The molecule has 0 saturated heterocycles. The smallest absolute Gasteiger partial charge is 0.148 e. The van der Waals surface area contributed by atoms with Crippen LogP contribution in [0.5, 0.6) is 0 Å². The first kappa shape index (κ1) is 10.6. The average Bonchev–Trinajstić information content (AvgIpc) is 2.38. The highest BCUT2D eigenvalue weighted by molar-refractivity contribution is 5.59. The monoisotopic (exact) mass is 215 g/mol. The van der Waals surface area contributed by atoms with E-state index in [1.807, 2.05) is 42.5 Å². The zero-order valence-electron chi connectivity index (χ0n) is 8.80. The predicted molar refractivity (Wildman–Crippen MR) is 63.0 cm³/mol. The number of aliphatic hydroxyl groups is 1. The Hall–Kier alpha value is -1.94. The third-order valence-electron chi connectivity index (χ3n) is 2.15. The summed E-state index contributed by atoms with van der Waals surface area (Å²) in [5, 5.41) is 19.7. The fourth-order valence-corrected chi connectivity index (χ4v) is 1.37. The van der Waals surface area contributed by atoms with Crippen LogP contribution in [0.15, 0.2) is 42.5 Å². The van der Waals surface area contributed by atoms with E-state index in [0.717, 1.165) is 11.3 Å². The maximum atomic E-state index is 8.65. The molecule has 1 heterocycles. The molecule has 0 spiro atoms. The Morgan fingerprint density at radius 3 is 2.44 bits per heavy atom. The normalized spacial score (nSPS) is 10.1. The summed E-state index contributed by atoms with van der Waals surface area (Å²) >= 11 is 0. The summed E-state index contributed by atoms with van der Waals surface area (Å²) in [6.45, 7) is 0.571. The summed E-state index contributed by atoms with van der Waals surface area (Å²) in [5.74, 6) is 0.675.